The third-order valence-electron chi connectivity index (χ3n) is 4.96. The van der Waals surface area contributed by atoms with E-state index in [4.69, 9.17) is 9.47 Å². The van der Waals surface area contributed by atoms with Gasteiger partial charge < -0.3 is 14.4 Å². The first kappa shape index (κ1) is 22.0. The van der Waals surface area contributed by atoms with Crippen LogP contribution in [0, 0.1) is 5.92 Å². The minimum Gasteiger partial charge on any atom is -0.497 e. The van der Waals surface area contributed by atoms with E-state index in [9.17, 15) is 18.0 Å². The van der Waals surface area contributed by atoms with E-state index in [2.05, 4.69) is 0 Å². The molecule has 1 fully saturated rings. The number of ether oxygens (including phenoxy) is 2. The summed E-state index contributed by atoms with van der Waals surface area (Å²) in [6.45, 7) is 2.57. The molecule has 156 valence electrons. The molecule has 1 amide bonds. The van der Waals surface area contributed by atoms with Crippen molar-refractivity contribution in [3.8, 4) is 5.75 Å². The monoisotopic (exact) mass is 412 g/mol. The highest BCUT2D eigenvalue weighted by Gasteiger charge is 2.36. The Hall–Kier alpha value is -2.29. The first-order valence-corrected chi connectivity index (χ1v) is 11.1. The first-order chi connectivity index (χ1) is 13.2. The van der Waals surface area contributed by atoms with Crippen molar-refractivity contribution in [2.24, 2.45) is 5.92 Å². The van der Waals surface area contributed by atoms with Crippen molar-refractivity contribution in [1.82, 2.24) is 4.90 Å². The number of carbonyl (C=O) groups is 2. The van der Waals surface area contributed by atoms with Gasteiger partial charge in [0.1, 0.15) is 11.8 Å². The molecule has 0 bridgehead atoms. The van der Waals surface area contributed by atoms with Gasteiger partial charge in [-0.1, -0.05) is 13.0 Å². The van der Waals surface area contributed by atoms with Gasteiger partial charge in [-0.3, -0.25) is 13.9 Å². The fraction of sp³-hybridized carbons (Fsp3) is 0.579. The number of likely N-dealkylation sites (tertiary alicyclic amines) is 1. The molecule has 1 aromatic rings. The van der Waals surface area contributed by atoms with Gasteiger partial charge in [-0.05, 0) is 31.4 Å². The Morgan fingerprint density at radius 1 is 1.25 bits per heavy atom. The molecule has 0 saturated carbocycles. The number of methoxy groups -OCH3 is 2. The lowest BCUT2D eigenvalue weighted by Gasteiger charge is -2.37. The summed E-state index contributed by atoms with van der Waals surface area (Å²) < 4.78 is 36.2. The molecule has 9 heteroatoms. The zero-order chi connectivity index (χ0) is 20.9. The Labute approximate surface area is 166 Å². The summed E-state index contributed by atoms with van der Waals surface area (Å²) in [5, 5.41) is 0. The van der Waals surface area contributed by atoms with Crippen molar-refractivity contribution in [3.63, 3.8) is 0 Å². The van der Waals surface area contributed by atoms with Gasteiger partial charge in [0.2, 0.25) is 15.9 Å². The minimum atomic E-state index is -3.71. The zero-order valence-electron chi connectivity index (χ0n) is 16.8. The Balaban J connectivity index is 2.26. The number of hydrogen-bond acceptors (Lipinski definition) is 6. The molecular weight excluding hydrogens is 384 g/mol. The molecule has 0 aromatic heterocycles. The minimum absolute atomic E-state index is 0.224. The summed E-state index contributed by atoms with van der Waals surface area (Å²) in [5.41, 5.74) is 0.381. The van der Waals surface area contributed by atoms with E-state index in [-0.39, 0.29) is 17.8 Å². The molecular formula is C19H28N2O6S. The second kappa shape index (κ2) is 9.27. The Bertz CT molecular complexity index is 802. The second-order valence-electron chi connectivity index (χ2n) is 6.81. The Morgan fingerprint density at radius 2 is 1.89 bits per heavy atom. The molecule has 28 heavy (non-hydrogen) atoms. The molecule has 1 atom stereocenters. The lowest BCUT2D eigenvalue weighted by molar-refractivity contribution is -0.149. The fourth-order valence-corrected chi connectivity index (χ4v) is 4.70. The highest BCUT2D eigenvalue weighted by atomic mass is 32.2. The van der Waals surface area contributed by atoms with E-state index < -0.39 is 16.1 Å². The molecule has 0 radical (unpaired) electrons. The number of piperidine rings is 1. The maximum atomic E-state index is 13.2. The van der Waals surface area contributed by atoms with Crippen LogP contribution >= 0.6 is 0 Å². The summed E-state index contributed by atoms with van der Waals surface area (Å²) in [6, 6.07) is 5.77. The molecule has 8 nitrogen and oxygen atoms in total. The third kappa shape index (κ3) is 4.95. The van der Waals surface area contributed by atoms with Crippen LogP contribution in [0.25, 0.3) is 0 Å². The molecule has 1 heterocycles. The van der Waals surface area contributed by atoms with Crippen molar-refractivity contribution in [3.05, 3.63) is 24.3 Å². The van der Waals surface area contributed by atoms with Gasteiger partial charge in [-0.15, -0.1) is 0 Å². The molecule has 1 aliphatic rings. The molecule has 1 saturated heterocycles. The maximum absolute atomic E-state index is 13.2. The third-order valence-corrected chi connectivity index (χ3v) is 6.14. The van der Waals surface area contributed by atoms with Crippen LogP contribution in [0.4, 0.5) is 5.69 Å². The van der Waals surface area contributed by atoms with Crippen molar-refractivity contribution in [2.75, 3.05) is 37.9 Å². The van der Waals surface area contributed by atoms with Gasteiger partial charge in [0, 0.05) is 19.2 Å². The normalized spacial score (nSPS) is 16.4. The van der Waals surface area contributed by atoms with Crippen LogP contribution in [-0.4, -0.2) is 64.8 Å². The number of esters is 1. The van der Waals surface area contributed by atoms with Gasteiger partial charge in [0.15, 0.2) is 0 Å². The smallest absolute Gasteiger partial charge is 0.308 e. The van der Waals surface area contributed by atoms with Crippen LogP contribution in [0.5, 0.6) is 5.75 Å². The Morgan fingerprint density at radius 3 is 2.39 bits per heavy atom. The SMILES string of the molecule is CC[C@H](C(=O)N1CCC(C(=O)OC)CC1)N(c1cccc(OC)c1)S(C)(=O)=O. The molecule has 0 unspecified atom stereocenters. The number of nitrogens with zero attached hydrogens (tertiary/aromatic N) is 2. The van der Waals surface area contributed by atoms with Crippen LogP contribution in [0.2, 0.25) is 0 Å². The van der Waals surface area contributed by atoms with Crippen LogP contribution in [0.1, 0.15) is 26.2 Å². The molecule has 0 N–H and O–H groups in total. The molecule has 2 rings (SSSR count). The molecule has 0 aliphatic carbocycles. The van der Waals surface area contributed by atoms with E-state index in [0.717, 1.165) is 10.6 Å². The summed E-state index contributed by atoms with van der Waals surface area (Å²) in [6.07, 6.45) is 2.42. The molecule has 1 aromatic carbocycles. The summed E-state index contributed by atoms with van der Waals surface area (Å²) in [7, 11) is -0.860. The highest BCUT2D eigenvalue weighted by molar-refractivity contribution is 7.92. The van der Waals surface area contributed by atoms with Gasteiger partial charge in [-0.25, -0.2) is 8.42 Å². The van der Waals surface area contributed by atoms with Crippen LogP contribution in [0.15, 0.2) is 24.3 Å². The van der Waals surface area contributed by atoms with E-state index in [1.165, 1.54) is 14.2 Å². The van der Waals surface area contributed by atoms with Gasteiger partial charge in [0.25, 0.3) is 0 Å². The summed E-state index contributed by atoms with van der Waals surface area (Å²) in [5.74, 6) is -0.252. The van der Waals surface area contributed by atoms with Crippen LogP contribution < -0.4 is 9.04 Å². The topological polar surface area (TPSA) is 93.2 Å². The quantitative estimate of drug-likeness (QED) is 0.632. The number of carbonyl (C=O) groups excluding carboxylic acids is 2. The van der Waals surface area contributed by atoms with Gasteiger partial charge in [0.05, 0.1) is 32.1 Å². The second-order valence-corrected chi connectivity index (χ2v) is 8.67. The number of benzene rings is 1. The maximum Gasteiger partial charge on any atom is 0.308 e. The average Bonchev–Trinajstić information content (AvgIpc) is 2.70. The zero-order valence-corrected chi connectivity index (χ0v) is 17.6. The Kier molecular flexibility index (Phi) is 7.29. The predicted octanol–water partition coefficient (Wildman–Crippen LogP) is 1.65. The fourth-order valence-electron chi connectivity index (χ4n) is 3.50. The molecule has 1 aliphatic heterocycles. The molecule has 0 spiro atoms. The van der Waals surface area contributed by atoms with Gasteiger partial charge >= 0.3 is 5.97 Å². The largest absolute Gasteiger partial charge is 0.497 e. The van der Waals surface area contributed by atoms with Crippen molar-refractivity contribution in [2.45, 2.75) is 32.2 Å². The average molecular weight is 413 g/mol. The first-order valence-electron chi connectivity index (χ1n) is 9.23. The number of anilines is 1. The lowest BCUT2D eigenvalue weighted by Crippen LogP contribution is -2.52. The number of rotatable bonds is 7. The van der Waals surface area contributed by atoms with E-state index in [1.807, 2.05) is 0 Å². The van der Waals surface area contributed by atoms with E-state index in [1.54, 1.807) is 36.1 Å². The summed E-state index contributed by atoms with van der Waals surface area (Å²) >= 11 is 0. The van der Waals surface area contributed by atoms with Gasteiger partial charge in [-0.2, -0.15) is 0 Å². The number of sulfonamides is 1. The highest BCUT2D eigenvalue weighted by Crippen LogP contribution is 2.28. The van der Waals surface area contributed by atoms with Crippen LogP contribution in [0.3, 0.4) is 0 Å². The number of hydrogen-bond donors (Lipinski definition) is 0. The van der Waals surface area contributed by atoms with E-state index >= 15 is 0 Å². The number of amides is 1. The lowest BCUT2D eigenvalue weighted by atomic mass is 9.96. The predicted molar refractivity (Wildman–Crippen MR) is 106 cm³/mol. The standard InChI is InChI=1S/C19H28N2O6S/c1-5-17(18(22)20-11-9-14(10-12-20)19(23)27-3)21(28(4,24)25)15-7-6-8-16(13-15)26-2/h6-8,13-14,17H,5,9-12H2,1-4H3/t17-/m1/s1. The van der Waals surface area contributed by atoms with Crippen LogP contribution in [-0.2, 0) is 24.3 Å². The summed E-state index contributed by atoms with van der Waals surface area (Å²) in [4.78, 5) is 26.5. The van der Waals surface area contributed by atoms with Crippen molar-refractivity contribution in [1.29, 1.82) is 0 Å². The van der Waals surface area contributed by atoms with E-state index in [0.29, 0.717) is 43.8 Å². The van der Waals surface area contributed by atoms with Crippen molar-refractivity contribution >= 4 is 27.6 Å². The van der Waals surface area contributed by atoms with Crippen molar-refractivity contribution < 1.29 is 27.5 Å².